The summed E-state index contributed by atoms with van der Waals surface area (Å²) in [5.41, 5.74) is 1.96. The van der Waals surface area contributed by atoms with Crippen LogP contribution in [0.1, 0.15) is 48.5 Å². The number of hydrogen-bond acceptors (Lipinski definition) is 9. The van der Waals surface area contributed by atoms with Crippen molar-refractivity contribution in [3.63, 3.8) is 0 Å². The lowest BCUT2D eigenvalue weighted by atomic mass is 9.96. The number of aromatic nitrogens is 1. The van der Waals surface area contributed by atoms with Crippen LogP contribution in [0.25, 0.3) is 6.08 Å². The first kappa shape index (κ1) is 26.9. The first-order chi connectivity index (χ1) is 19.4. The standard InChI is InChI=1S/C30H26N2O7S/c1-4-36-23-16-19(13-14-21(23)39-28(34)22-12-9-15-38-22)17-24-27(33)32-26(20-10-7-6-8-11-20)25(29(35)37-5-2)18(3)31-30(32)40-24/h6-17,26H,4-5H2,1-3H3/t26-/m0/s1. The van der Waals surface area contributed by atoms with Gasteiger partial charge in [0.1, 0.15) is 0 Å². The number of furan rings is 1. The second-order valence-corrected chi connectivity index (χ2v) is 9.73. The molecule has 10 heteroatoms. The summed E-state index contributed by atoms with van der Waals surface area (Å²) in [7, 11) is 0. The molecule has 1 atom stereocenters. The Morgan fingerprint density at radius 3 is 2.52 bits per heavy atom. The van der Waals surface area contributed by atoms with Gasteiger partial charge in [0.2, 0.25) is 5.76 Å². The summed E-state index contributed by atoms with van der Waals surface area (Å²) >= 11 is 1.22. The van der Waals surface area contributed by atoms with Gasteiger partial charge in [-0.25, -0.2) is 14.6 Å². The first-order valence-electron chi connectivity index (χ1n) is 12.7. The lowest BCUT2D eigenvalue weighted by Gasteiger charge is -2.24. The lowest BCUT2D eigenvalue weighted by Crippen LogP contribution is -2.39. The fourth-order valence-electron chi connectivity index (χ4n) is 4.41. The minimum Gasteiger partial charge on any atom is -0.490 e. The third kappa shape index (κ3) is 5.26. The van der Waals surface area contributed by atoms with Gasteiger partial charge in [-0.1, -0.05) is 47.7 Å². The number of benzene rings is 2. The maximum Gasteiger partial charge on any atom is 0.379 e. The third-order valence-electron chi connectivity index (χ3n) is 6.12. The number of ether oxygens (including phenoxy) is 3. The predicted octanol–water partition coefficient (Wildman–Crippen LogP) is 4.01. The summed E-state index contributed by atoms with van der Waals surface area (Å²) < 4.78 is 23.6. The quantitative estimate of drug-likeness (QED) is 0.237. The molecular formula is C30H26N2O7S. The predicted molar refractivity (Wildman–Crippen MR) is 148 cm³/mol. The van der Waals surface area contributed by atoms with E-state index in [-0.39, 0.29) is 23.7 Å². The molecule has 0 saturated heterocycles. The number of fused-ring (bicyclic) bond motifs is 1. The summed E-state index contributed by atoms with van der Waals surface area (Å²) in [6.07, 6.45) is 3.11. The van der Waals surface area contributed by atoms with E-state index in [4.69, 9.17) is 18.6 Å². The molecule has 0 amide bonds. The molecule has 2 aromatic carbocycles. The molecule has 1 aliphatic rings. The Balaban J connectivity index is 1.58. The number of allylic oxidation sites excluding steroid dienone is 1. The molecule has 40 heavy (non-hydrogen) atoms. The highest BCUT2D eigenvalue weighted by atomic mass is 32.1. The molecule has 1 aliphatic heterocycles. The molecule has 0 spiro atoms. The van der Waals surface area contributed by atoms with Crippen LogP contribution in [0.3, 0.4) is 0 Å². The van der Waals surface area contributed by atoms with Crippen molar-refractivity contribution in [1.29, 1.82) is 0 Å². The molecule has 3 heterocycles. The molecule has 0 saturated carbocycles. The van der Waals surface area contributed by atoms with Gasteiger partial charge in [-0.15, -0.1) is 0 Å². The summed E-state index contributed by atoms with van der Waals surface area (Å²) in [6.45, 7) is 5.84. The number of nitrogens with zero attached hydrogens (tertiary/aromatic N) is 2. The maximum absolute atomic E-state index is 13.8. The van der Waals surface area contributed by atoms with E-state index in [0.717, 1.165) is 5.56 Å². The number of carbonyl (C=O) groups is 2. The highest BCUT2D eigenvalue weighted by Crippen LogP contribution is 2.31. The van der Waals surface area contributed by atoms with E-state index in [2.05, 4.69) is 4.99 Å². The van der Waals surface area contributed by atoms with Crippen LogP contribution in [0.15, 0.2) is 92.4 Å². The first-order valence-corrected chi connectivity index (χ1v) is 13.5. The number of esters is 2. The lowest BCUT2D eigenvalue weighted by molar-refractivity contribution is -0.139. The zero-order chi connectivity index (χ0) is 28.2. The van der Waals surface area contributed by atoms with Crippen molar-refractivity contribution in [1.82, 2.24) is 4.57 Å². The van der Waals surface area contributed by atoms with E-state index in [0.29, 0.717) is 38.5 Å². The van der Waals surface area contributed by atoms with Crippen molar-refractivity contribution >= 4 is 29.4 Å². The highest BCUT2D eigenvalue weighted by Gasteiger charge is 2.33. The minimum atomic E-state index is -0.680. The second kappa shape index (κ2) is 11.6. The third-order valence-corrected chi connectivity index (χ3v) is 7.11. The number of hydrogen-bond donors (Lipinski definition) is 0. The van der Waals surface area contributed by atoms with Crippen molar-refractivity contribution < 1.29 is 28.2 Å². The van der Waals surface area contributed by atoms with Crippen molar-refractivity contribution in [2.24, 2.45) is 4.99 Å². The van der Waals surface area contributed by atoms with E-state index >= 15 is 0 Å². The average molecular weight is 559 g/mol. The molecule has 0 fully saturated rings. The Morgan fingerprint density at radius 2 is 1.82 bits per heavy atom. The van der Waals surface area contributed by atoms with Crippen LogP contribution >= 0.6 is 11.3 Å². The monoisotopic (exact) mass is 558 g/mol. The SMILES string of the molecule is CCOC(=O)C1=C(C)N=c2sc(=Cc3ccc(OC(=O)c4ccco4)c(OCC)c3)c(=O)n2[C@H]1c1ccccc1. The van der Waals surface area contributed by atoms with Crippen molar-refractivity contribution in [3.8, 4) is 11.5 Å². The number of thiazole rings is 1. The smallest absolute Gasteiger partial charge is 0.379 e. The number of carbonyl (C=O) groups excluding carboxylic acids is 2. The Bertz CT molecular complexity index is 1770. The number of rotatable bonds is 8. The highest BCUT2D eigenvalue weighted by molar-refractivity contribution is 7.07. The van der Waals surface area contributed by atoms with Crippen LogP contribution in [0.5, 0.6) is 11.5 Å². The molecule has 0 aliphatic carbocycles. The molecule has 0 radical (unpaired) electrons. The molecule has 0 N–H and O–H groups in total. The second-order valence-electron chi connectivity index (χ2n) is 8.72. The van der Waals surface area contributed by atoms with E-state index in [1.807, 2.05) is 37.3 Å². The van der Waals surface area contributed by atoms with Gasteiger partial charge >= 0.3 is 11.9 Å². The van der Waals surface area contributed by atoms with Crippen LogP contribution in [0.2, 0.25) is 0 Å². The Hall–Kier alpha value is -4.70. The molecule has 4 aromatic rings. The van der Waals surface area contributed by atoms with Gasteiger partial charge in [0.05, 0.1) is 41.3 Å². The summed E-state index contributed by atoms with van der Waals surface area (Å²) in [5.74, 6) is -0.529. The Labute approximate surface area is 233 Å². The molecule has 9 nitrogen and oxygen atoms in total. The summed E-state index contributed by atoms with van der Waals surface area (Å²) in [5, 5.41) is 0. The van der Waals surface area contributed by atoms with Crippen molar-refractivity contribution in [2.75, 3.05) is 13.2 Å². The average Bonchev–Trinajstić information content (AvgIpc) is 3.59. The molecule has 204 valence electrons. The van der Waals surface area contributed by atoms with Gasteiger partial charge in [0, 0.05) is 0 Å². The van der Waals surface area contributed by atoms with Crippen LogP contribution in [0.4, 0.5) is 0 Å². The fourth-order valence-corrected chi connectivity index (χ4v) is 5.45. The maximum atomic E-state index is 13.8. The van der Waals surface area contributed by atoms with Gasteiger partial charge in [-0.3, -0.25) is 9.36 Å². The van der Waals surface area contributed by atoms with E-state index < -0.39 is 18.0 Å². The summed E-state index contributed by atoms with van der Waals surface area (Å²) in [6, 6.07) is 16.8. The van der Waals surface area contributed by atoms with Crippen LogP contribution in [0, 0.1) is 0 Å². The molecule has 0 bridgehead atoms. The zero-order valence-corrected chi connectivity index (χ0v) is 22.9. The largest absolute Gasteiger partial charge is 0.490 e. The van der Waals surface area contributed by atoms with Gasteiger partial charge in [-0.2, -0.15) is 0 Å². The van der Waals surface area contributed by atoms with Crippen LogP contribution < -0.4 is 24.4 Å². The van der Waals surface area contributed by atoms with Gasteiger partial charge in [0.25, 0.3) is 5.56 Å². The Kier molecular flexibility index (Phi) is 7.79. The molecule has 2 aromatic heterocycles. The van der Waals surface area contributed by atoms with E-state index in [1.54, 1.807) is 44.2 Å². The zero-order valence-electron chi connectivity index (χ0n) is 22.1. The van der Waals surface area contributed by atoms with E-state index in [9.17, 15) is 14.4 Å². The summed E-state index contributed by atoms with van der Waals surface area (Å²) in [4.78, 5) is 44.2. The van der Waals surface area contributed by atoms with Gasteiger partial charge in [0.15, 0.2) is 16.3 Å². The fraction of sp³-hybridized carbons (Fsp3) is 0.200. The normalized spacial score (nSPS) is 14.9. The molecule has 5 rings (SSSR count). The van der Waals surface area contributed by atoms with Gasteiger partial charge in [-0.05, 0) is 62.2 Å². The van der Waals surface area contributed by atoms with E-state index in [1.165, 1.54) is 28.2 Å². The van der Waals surface area contributed by atoms with Crippen LogP contribution in [-0.2, 0) is 9.53 Å². The van der Waals surface area contributed by atoms with Gasteiger partial charge < -0.3 is 18.6 Å². The minimum absolute atomic E-state index is 0.0677. The molecular weight excluding hydrogens is 532 g/mol. The Morgan fingerprint density at radius 1 is 1.02 bits per heavy atom. The van der Waals surface area contributed by atoms with Crippen molar-refractivity contribution in [3.05, 3.63) is 115 Å². The molecule has 0 unspecified atom stereocenters. The van der Waals surface area contributed by atoms with Crippen molar-refractivity contribution in [2.45, 2.75) is 26.8 Å². The van der Waals surface area contributed by atoms with Crippen LogP contribution in [-0.4, -0.2) is 29.7 Å². The topological polar surface area (TPSA) is 109 Å².